The van der Waals surface area contributed by atoms with Gasteiger partial charge in [-0.1, -0.05) is 12.8 Å². The van der Waals surface area contributed by atoms with Gasteiger partial charge in [-0.15, -0.1) is 0 Å². The van der Waals surface area contributed by atoms with E-state index in [0.29, 0.717) is 12.0 Å². The second-order valence-electron chi connectivity index (χ2n) is 8.24. The molecule has 2 aliphatic heterocycles. The van der Waals surface area contributed by atoms with Crippen LogP contribution in [-0.4, -0.2) is 41.3 Å². The molecule has 4 rings (SSSR count). The molecule has 122 valence electrons. The third-order valence-corrected chi connectivity index (χ3v) is 6.49. The maximum Gasteiger partial charge on any atom is 0.235 e. The molecule has 0 aromatic carbocycles. The molecule has 1 saturated heterocycles. The molecule has 2 aliphatic carbocycles. The number of likely N-dealkylation sites (tertiary alicyclic amines) is 1. The molecule has 0 aromatic rings. The fourth-order valence-electron chi connectivity index (χ4n) is 5.19. The highest BCUT2D eigenvalue weighted by Gasteiger charge is 2.57. The zero-order valence-electron chi connectivity index (χ0n) is 14.0. The van der Waals surface area contributed by atoms with Crippen LogP contribution in [0.25, 0.3) is 0 Å². The maximum absolute atomic E-state index is 13.2. The maximum atomic E-state index is 13.2. The van der Waals surface area contributed by atoms with Crippen molar-refractivity contribution in [3.8, 4) is 0 Å². The number of carbonyl (C=O) groups excluding carboxylic acids is 1. The first-order valence-corrected chi connectivity index (χ1v) is 9.22. The average Bonchev–Trinajstić information content (AvgIpc) is 2.47. The first-order valence-electron chi connectivity index (χ1n) is 9.22. The zero-order valence-corrected chi connectivity index (χ0v) is 14.0. The molecule has 2 atom stereocenters. The zero-order chi connectivity index (χ0) is 15.4. The van der Waals surface area contributed by atoms with Gasteiger partial charge in [0.1, 0.15) is 5.66 Å². The Bertz CT molecular complexity index is 506. The van der Waals surface area contributed by atoms with Crippen molar-refractivity contribution in [1.29, 1.82) is 0 Å². The Morgan fingerprint density at radius 2 is 1.95 bits per heavy atom. The van der Waals surface area contributed by atoms with Gasteiger partial charge in [-0.2, -0.15) is 0 Å². The third-order valence-electron chi connectivity index (χ3n) is 6.49. The van der Waals surface area contributed by atoms with Crippen LogP contribution in [-0.2, 0) is 4.79 Å². The van der Waals surface area contributed by atoms with E-state index < -0.39 is 0 Å². The van der Waals surface area contributed by atoms with Crippen LogP contribution in [0.5, 0.6) is 0 Å². The van der Waals surface area contributed by atoms with Gasteiger partial charge in [-0.25, -0.2) is 0 Å². The Labute approximate surface area is 133 Å². The molecule has 4 heteroatoms. The van der Waals surface area contributed by atoms with E-state index in [-0.39, 0.29) is 17.0 Å². The van der Waals surface area contributed by atoms with Gasteiger partial charge in [0.05, 0.1) is 5.41 Å². The molecule has 2 bridgehead atoms. The molecule has 1 N–H and O–H groups in total. The molecule has 0 radical (unpaired) electrons. The van der Waals surface area contributed by atoms with Crippen molar-refractivity contribution in [2.75, 3.05) is 13.1 Å². The molecule has 2 heterocycles. The number of aliphatic imine (C=N–C) groups is 1. The van der Waals surface area contributed by atoms with Crippen molar-refractivity contribution < 1.29 is 4.79 Å². The molecule has 1 spiro atoms. The van der Waals surface area contributed by atoms with E-state index >= 15 is 0 Å². The molecule has 3 fully saturated rings. The summed E-state index contributed by atoms with van der Waals surface area (Å²) in [6.45, 7) is 6.47. The van der Waals surface area contributed by atoms with Gasteiger partial charge in [0, 0.05) is 30.8 Å². The Morgan fingerprint density at radius 3 is 2.68 bits per heavy atom. The van der Waals surface area contributed by atoms with E-state index in [1.807, 2.05) is 0 Å². The molecule has 4 nitrogen and oxygen atoms in total. The first-order chi connectivity index (χ1) is 10.5. The van der Waals surface area contributed by atoms with Crippen molar-refractivity contribution in [1.82, 2.24) is 10.2 Å². The summed E-state index contributed by atoms with van der Waals surface area (Å²) >= 11 is 0. The van der Waals surface area contributed by atoms with Crippen LogP contribution in [0.15, 0.2) is 4.99 Å². The first kappa shape index (κ1) is 14.7. The summed E-state index contributed by atoms with van der Waals surface area (Å²) < 4.78 is 0. The highest BCUT2D eigenvalue weighted by atomic mass is 16.2. The van der Waals surface area contributed by atoms with Crippen molar-refractivity contribution in [2.24, 2.45) is 16.3 Å². The lowest BCUT2D eigenvalue weighted by molar-refractivity contribution is -0.134. The third kappa shape index (κ3) is 2.06. The number of nitrogens with one attached hydrogen (secondary N) is 1. The fourth-order valence-corrected chi connectivity index (χ4v) is 5.19. The van der Waals surface area contributed by atoms with E-state index in [1.165, 1.54) is 37.8 Å². The van der Waals surface area contributed by atoms with Gasteiger partial charge in [0.25, 0.3) is 0 Å². The molecule has 22 heavy (non-hydrogen) atoms. The number of nitrogens with zero attached hydrogens (tertiary/aromatic N) is 2. The van der Waals surface area contributed by atoms with E-state index in [9.17, 15) is 4.79 Å². The second-order valence-corrected chi connectivity index (χ2v) is 8.24. The lowest BCUT2D eigenvalue weighted by atomic mass is 9.62. The number of carbonyl (C=O) groups is 1. The number of rotatable bonds is 1. The van der Waals surface area contributed by atoms with E-state index in [4.69, 9.17) is 4.99 Å². The van der Waals surface area contributed by atoms with Gasteiger partial charge in [-0.05, 0) is 52.4 Å². The van der Waals surface area contributed by atoms with Crippen LogP contribution in [0.1, 0.15) is 65.2 Å². The topological polar surface area (TPSA) is 44.7 Å². The SMILES string of the molecule is CC(C)N1C[C@H]2CCC[C@@]3(C1)C(=O)NC1(CCCCC1)N=C23. The lowest BCUT2D eigenvalue weighted by Gasteiger charge is -2.55. The van der Waals surface area contributed by atoms with Crippen molar-refractivity contribution >= 4 is 11.6 Å². The van der Waals surface area contributed by atoms with E-state index in [1.54, 1.807) is 0 Å². The molecule has 1 amide bonds. The summed E-state index contributed by atoms with van der Waals surface area (Å²) in [5, 5.41) is 3.38. The summed E-state index contributed by atoms with van der Waals surface area (Å²) in [5.41, 5.74) is 0.721. The summed E-state index contributed by atoms with van der Waals surface area (Å²) in [7, 11) is 0. The van der Waals surface area contributed by atoms with Gasteiger partial charge >= 0.3 is 0 Å². The van der Waals surface area contributed by atoms with Crippen molar-refractivity contribution in [2.45, 2.75) is 76.9 Å². The minimum absolute atomic E-state index is 0.246. The van der Waals surface area contributed by atoms with Crippen LogP contribution >= 0.6 is 0 Å². The van der Waals surface area contributed by atoms with Gasteiger partial charge < -0.3 is 5.32 Å². The van der Waals surface area contributed by atoms with Crippen molar-refractivity contribution in [3.63, 3.8) is 0 Å². The summed E-state index contributed by atoms with van der Waals surface area (Å²) in [6, 6.07) is 0.511. The van der Waals surface area contributed by atoms with Crippen LogP contribution in [0, 0.1) is 11.3 Å². The normalized spacial score (nSPS) is 37.7. The average molecular weight is 303 g/mol. The highest BCUT2D eigenvalue weighted by molar-refractivity contribution is 6.12. The molecule has 2 saturated carbocycles. The van der Waals surface area contributed by atoms with Crippen LogP contribution in [0.4, 0.5) is 0 Å². The Kier molecular flexibility index (Phi) is 3.37. The smallest absolute Gasteiger partial charge is 0.235 e. The monoisotopic (exact) mass is 303 g/mol. The lowest BCUT2D eigenvalue weighted by Crippen LogP contribution is -2.69. The predicted molar refractivity (Wildman–Crippen MR) is 87.9 cm³/mol. The number of hydrogen-bond donors (Lipinski definition) is 1. The molecular weight excluding hydrogens is 274 g/mol. The minimum atomic E-state index is -0.311. The Balaban J connectivity index is 1.74. The Hall–Kier alpha value is -0.900. The largest absolute Gasteiger partial charge is 0.331 e. The molecule has 0 aromatic heterocycles. The summed E-state index contributed by atoms with van der Waals surface area (Å²) in [6.07, 6.45) is 9.16. The molecular formula is C18H29N3O. The van der Waals surface area contributed by atoms with Crippen LogP contribution in [0.3, 0.4) is 0 Å². The van der Waals surface area contributed by atoms with Crippen LogP contribution in [0.2, 0.25) is 0 Å². The Morgan fingerprint density at radius 1 is 1.18 bits per heavy atom. The van der Waals surface area contributed by atoms with Crippen LogP contribution < -0.4 is 5.32 Å². The number of hydrogen-bond acceptors (Lipinski definition) is 3. The van der Waals surface area contributed by atoms with Gasteiger partial charge in [0.2, 0.25) is 5.91 Å². The summed E-state index contributed by atoms with van der Waals surface area (Å²) in [5.74, 6) is 0.796. The van der Waals surface area contributed by atoms with Gasteiger partial charge in [-0.3, -0.25) is 14.7 Å². The summed E-state index contributed by atoms with van der Waals surface area (Å²) in [4.78, 5) is 21.0. The highest BCUT2D eigenvalue weighted by Crippen LogP contribution is 2.47. The number of piperidine rings is 1. The minimum Gasteiger partial charge on any atom is -0.331 e. The predicted octanol–water partition coefficient (Wildman–Crippen LogP) is 2.73. The second kappa shape index (κ2) is 5.05. The van der Waals surface area contributed by atoms with E-state index in [2.05, 4.69) is 24.1 Å². The molecule has 4 aliphatic rings. The standard InChI is InChI=1S/C18H29N3O/c1-13(2)21-11-14-7-6-8-17(12-21)15(14)19-18(20-16(17)22)9-4-3-5-10-18/h13-14H,3-12H2,1-2H3,(H,20,22)/t14-,17+/m1/s1. The molecule has 0 unspecified atom stereocenters. The van der Waals surface area contributed by atoms with Crippen molar-refractivity contribution in [3.05, 3.63) is 0 Å². The quantitative estimate of drug-likeness (QED) is 0.809. The number of amides is 1. The van der Waals surface area contributed by atoms with Gasteiger partial charge in [0.15, 0.2) is 0 Å². The fraction of sp³-hybridized carbons (Fsp3) is 0.889. The van der Waals surface area contributed by atoms with E-state index in [0.717, 1.165) is 32.4 Å².